The Hall–Kier alpha value is -3.03. The first-order valence-corrected chi connectivity index (χ1v) is 10.5. The maximum absolute atomic E-state index is 12.6. The molecule has 0 fully saturated rings. The van der Waals surface area contributed by atoms with E-state index in [9.17, 15) is 8.42 Å². The Bertz CT molecular complexity index is 1120. The van der Waals surface area contributed by atoms with Crippen LogP contribution in [0.3, 0.4) is 0 Å². The number of benzene rings is 3. The summed E-state index contributed by atoms with van der Waals surface area (Å²) in [4.78, 5) is 0.218. The van der Waals surface area contributed by atoms with Gasteiger partial charge in [-0.2, -0.15) is 0 Å². The van der Waals surface area contributed by atoms with E-state index in [2.05, 4.69) is 14.3 Å². The van der Waals surface area contributed by atoms with E-state index in [0.29, 0.717) is 5.69 Å². The predicted molar refractivity (Wildman–Crippen MR) is 108 cm³/mol. The van der Waals surface area contributed by atoms with Gasteiger partial charge in [-0.05, 0) is 46.9 Å². The van der Waals surface area contributed by atoms with Crippen LogP contribution in [0.5, 0.6) is 0 Å². The summed E-state index contributed by atoms with van der Waals surface area (Å²) in [5.41, 5.74) is 4.16. The van der Waals surface area contributed by atoms with Crippen molar-refractivity contribution in [3.8, 4) is 22.4 Å². The quantitative estimate of drug-likeness (QED) is 0.535. The van der Waals surface area contributed by atoms with Crippen LogP contribution < -0.4 is 4.72 Å². The second kappa shape index (κ2) is 7.30. The summed E-state index contributed by atoms with van der Waals surface area (Å²) in [5, 5.41) is 5.84. The highest BCUT2D eigenvalue weighted by molar-refractivity contribution is 7.92. The molecule has 0 saturated carbocycles. The fraction of sp³-hybridized carbons (Fsp3) is 0. The standard InChI is InChI=1S/C20H15N3O2S2/c24-27(25,19-12-8-16(9-13-19)15-4-2-1-3-5-15)22-18-10-6-17(7-11-18)20-14-26-23-21-20/h1-14,22H. The molecule has 1 heterocycles. The molecule has 0 unspecified atom stereocenters. The van der Waals surface area contributed by atoms with Gasteiger partial charge in [0.25, 0.3) is 10.0 Å². The predicted octanol–water partition coefficient (Wildman–Crippen LogP) is 4.67. The molecule has 0 amide bonds. The van der Waals surface area contributed by atoms with Gasteiger partial charge in [0.05, 0.1) is 4.90 Å². The van der Waals surface area contributed by atoms with Crippen molar-refractivity contribution in [1.82, 2.24) is 9.59 Å². The van der Waals surface area contributed by atoms with E-state index < -0.39 is 10.0 Å². The number of anilines is 1. The molecule has 4 aromatic rings. The van der Waals surface area contributed by atoms with Crippen molar-refractivity contribution in [2.24, 2.45) is 0 Å². The van der Waals surface area contributed by atoms with Crippen molar-refractivity contribution < 1.29 is 8.42 Å². The van der Waals surface area contributed by atoms with Crippen LogP contribution in [0.2, 0.25) is 0 Å². The molecule has 134 valence electrons. The van der Waals surface area contributed by atoms with E-state index in [4.69, 9.17) is 0 Å². The number of hydrogen-bond acceptors (Lipinski definition) is 5. The normalized spacial score (nSPS) is 11.3. The van der Waals surface area contributed by atoms with E-state index in [1.165, 1.54) is 11.5 Å². The molecule has 3 aromatic carbocycles. The largest absolute Gasteiger partial charge is 0.280 e. The van der Waals surface area contributed by atoms with Crippen molar-refractivity contribution >= 4 is 27.2 Å². The van der Waals surface area contributed by atoms with E-state index >= 15 is 0 Å². The van der Waals surface area contributed by atoms with Gasteiger partial charge in [0.1, 0.15) is 5.69 Å². The third-order valence-electron chi connectivity index (χ3n) is 4.06. The highest BCUT2D eigenvalue weighted by atomic mass is 32.2. The van der Waals surface area contributed by atoms with Gasteiger partial charge in [-0.1, -0.05) is 59.1 Å². The average Bonchev–Trinajstić information content (AvgIpc) is 3.24. The van der Waals surface area contributed by atoms with Crippen molar-refractivity contribution in [2.45, 2.75) is 4.90 Å². The third kappa shape index (κ3) is 3.89. The third-order valence-corrected chi connectivity index (χ3v) is 5.97. The minimum Gasteiger partial charge on any atom is -0.280 e. The van der Waals surface area contributed by atoms with Crippen LogP contribution in [0.1, 0.15) is 0 Å². The van der Waals surface area contributed by atoms with Crippen molar-refractivity contribution in [1.29, 1.82) is 0 Å². The Kier molecular flexibility index (Phi) is 4.70. The molecule has 0 radical (unpaired) electrons. The number of aromatic nitrogens is 2. The maximum Gasteiger partial charge on any atom is 0.261 e. The molecule has 7 heteroatoms. The lowest BCUT2D eigenvalue weighted by molar-refractivity contribution is 0.601. The summed E-state index contributed by atoms with van der Waals surface area (Å²) in [6, 6.07) is 23.7. The van der Waals surface area contributed by atoms with Crippen molar-refractivity contribution in [2.75, 3.05) is 4.72 Å². The van der Waals surface area contributed by atoms with Crippen LogP contribution in [-0.2, 0) is 10.0 Å². The van der Waals surface area contributed by atoms with Gasteiger partial charge in [-0.15, -0.1) is 5.10 Å². The molecule has 27 heavy (non-hydrogen) atoms. The van der Waals surface area contributed by atoms with Crippen LogP contribution in [0.25, 0.3) is 22.4 Å². The second-order valence-corrected chi connectivity index (χ2v) is 8.16. The SMILES string of the molecule is O=S(=O)(Nc1ccc(-c2csnn2)cc1)c1ccc(-c2ccccc2)cc1. The van der Waals surface area contributed by atoms with Gasteiger partial charge in [0, 0.05) is 16.6 Å². The van der Waals surface area contributed by atoms with Gasteiger partial charge in [0.15, 0.2) is 0 Å². The minimum absolute atomic E-state index is 0.218. The molecule has 4 rings (SSSR count). The fourth-order valence-electron chi connectivity index (χ4n) is 2.67. The van der Waals surface area contributed by atoms with Crippen molar-refractivity contribution in [3.05, 3.63) is 84.2 Å². The molecule has 5 nitrogen and oxygen atoms in total. The summed E-state index contributed by atoms with van der Waals surface area (Å²) in [7, 11) is -3.65. The number of sulfonamides is 1. The lowest BCUT2D eigenvalue weighted by atomic mass is 10.1. The number of hydrogen-bond donors (Lipinski definition) is 1. The first-order valence-electron chi connectivity index (χ1n) is 8.18. The molecule has 0 spiro atoms. The maximum atomic E-state index is 12.6. The second-order valence-electron chi connectivity index (χ2n) is 5.86. The summed E-state index contributed by atoms with van der Waals surface area (Å²) in [6.07, 6.45) is 0. The Morgan fingerprint density at radius 2 is 1.37 bits per heavy atom. The lowest BCUT2D eigenvalue weighted by Gasteiger charge is -2.09. The Morgan fingerprint density at radius 3 is 2.00 bits per heavy atom. The lowest BCUT2D eigenvalue weighted by Crippen LogP contribution is -2.12. The van der Waals surface area contributed by atoms with E-state index in [-0.39, 0.29) is 4.90 Å². The molecular weight excluding hydrogens is 378 g/mol. The zero-order valence-corrected chi connectivity index (χ0v) is 15.7. The molecule has 0 aliphatic rings. The first-order chi connectivity index (χ1) is 13.1. The van der Waals surface area contributed by atoms with Gasteiger partial charge < -0.3 is 0 Å². The van der Waals surface area contributed by atoms with Gasteiger partial charge in [-0.3, -0.25) is 4.72 Å². The Morgan fingerprint density at radius 1 is 0.741 bits per heavy atom. The summed E-state index contributed by atoms with van der Waals surface area (Å²) >= 11 is 1.27. The monoisotopic (exact) mass is 393 g/mol. The van der Waals surface area contributed by atoms with Crippen LogP contribution >= 0.6 is 11.5 Å². The number of nitrogens with one attached hydrogen (secondary N) is 1. The summed E-state index contributed by atoms with van der Waals surface area (Å²) in [6.45, 7) is 0. The molecule has 0 aliphatic carbocycles. The van der Waals surface area contributed by atoms with E-state index in [1.807, 2.05) is 60.0 Å². The molecular formula is C20H15N3O2S2. The molecule has 0 bridgehead atoms. The highest BCUT2D eigenvalue weighted by Crippen LogP contribution is 2.24. The van der Waals surface area contributed by atoms with Crippen LogP contribution in [-0.4, -0.2) is 18.0 Å². The smallest absolute Gasteiger partial charge is 0.261 e. The average molecular weight is 393 g/mol. The van der Waals surface area contributed by atoms with Crippen LogP contribution in [0.15, 0.2) is 89.1 Å². The van der Waals surface area contributed by atoms with Crippen LogP contribution in [0, 0.1) is 0 Å². The van der Waals surface area contributed by atoms with Gasteiger partial charge in [0.2, 0.25) is 0 Å². The van der Waals surface area contributed by atoms with Gasteiger partial charge in [-0.25, -0.2) is 8.42 Å². The summed E-state index contributed by atoms with van der Waals surface area (Å²) in [5.74, 6) is 0. The Balaban J connectivity index is 1.53. The van der Waals surface area contributed by atoms with Crippen LogP contribution in [0.4, 0.5) is 5.69 Å². The number of nitrogens with zero attached hydrogens (tertiary/aromatic N) is 2. The fourth-order valence-corrected chi connectivity index (χ4v) is 4.19. The minimum atomic E-state index is -3.65. The number of rotatable bonds is 5. The molecule has 1 aromatic heterocycles. The Labute approximate surface area is 161 Å². The van der Waals surface area contributed by atoms with E-state index in [0.717, 1.165) is 22.4 Å². The summed E-state index contributed by atoms with van der Waals surface area (Å²) < 4.78 is 31.7. The molecule has 0 atom stereocenters. The zero-order valence-electron chi connectivity index (χ0n) is 14.1. The topological polar surface area (TPSA) is 72.0 Å². The zero-order chi connectivity index (χ0) is 18.7. The van der Waals surface area contributed by atoms with Crippen molar-refractivity contribution in [3.63, 3.8) is 0 Å². The van der Waals surface area contributed by atoms with E-state index in [1.54, 1.807) is 24.3 Å². The molecule has 0 aliphatic heterocycles. The molecule has 0 saturated heterocycles. The first kappa shape index (κ1) is 17.4. The highest BCUT2D eigenvalue weighted by Gasteiger charge is 2.14. The molecule has 1 N–H and O–H groups in total. The van der Waals surface area contributed by atoms with Gasteiger partial charge >= 0.3 is 0 Å².